The first kappa shape index (κ1) is 25.9. The Bertz CT molecular complexity index is 1440. The number of aryl methyl sites for hydroxylation is 1. The first-order valence-corrected chi connectivity index (χ1v) is 12.7. The summed E-state index contributed by atoms with van der Waals surface area (Å²) in [4.78, 5) is 41.1. The summed E-state index contributed by atoms with van der Waals surface area (Å²) in [6.07, 6.45) is 2.48. The highest BCUT2D eigenvalue weighted by atomic mass is 35.5. The highest BCUT2D eigenvalue weighted by Crippen LogP contribution is 2.51. The van der Waals surface area contributed by atoms with Crippen molar-refractivity contribution < 1.29 is 24.6 Å². The maximum atomic E-state index is 13.8. The zero-order valence-corrected chi connectivity index (χ0v) is 21.6. The van der Waals surface area contributed by atoms with Crippen LogP contribution in [-0.4, -0.2) is 39.6 Å². The van der Waals surface area contributed by atoms with Crippen LogP contribution in [0.2, 0.25) is 5.02 Å². The Labute approximate surface area is 225 Å². The molecule has 0 saturated carbocycles. The monoisotopic (exact) mass is 530 g/mol. The Morgan fingerprint density at radius 2 is 1.63 bits per heavy atom. The summed E-state index contributed by atoms with van der Waals surface area (Å²) >= 11 is 6.27. The second kappa shape index (κ2) is 9.83. The molecule has 3 N–H and O–H groups in total. The third-order valence-corrected chi connectivity index (χ3v) is 7.99. The van der Waals surface area contributed by atoms with E-state index in [1.54, 1.807) is 19.1 Å². The molecule has 2 saturated heterocycles. The van der Waals surface area contributed by atoms with Crippen LogP contribution in [0.3, 0.4) is 0 Å². The molecule has 0 aromatic heterocycles. The minimum absolute atomic E-state index is 0.273. The second-order valence-electron chi connectivity index (χ2n) is 9.83. The highest BCUT2D eigenvalue weighted by molar-refractivity contribution is 6.32. The van der Waals surface area contributed by atoms with Crippen LogP contribution in [0, 0.1) is 18.8 Å². The predicted molar refractivity (Wildman–Crippen MR) is 145 cm³/mol. The summed E-state index contributed by atoms with van der Waals surface area (Å²) in [6.45, 7) is 3.12. The number of imide groups is 1. The molecule has 5 atom stereocenters. The summed E-state index contributed by atoms with van der Waals surface area (Å²) in [6, 6.07) is 21.2. The average Bonchev–Trinajstić information content (AvgIpc) is 3.40. The van der Waals surface area contributed by atoms with Crippen molar-refractivity contribution in [1.29, 1.82) is 0 Å². The van der Waals surface area contributed by atoms with Crippen LogP contribution in [0.1, 0.15) is 35.2 Å². The number of aliphatic carboxylic acids is 1. The van der Waals surface area contributed by atoms with Crippen LogP contribution in [0.4, 0.5) is 5.69 Å². The molecule has 0 spiro atoms. The van der Waals surface area contributed by atoms with Gasteiger partial charge in [-0.2, -0.15) is 0 Å². The maximum Gasteiger partial charge on any atom is 0.327 e. The largest absolute Gasteiger partial charge is 0.480 e. The number of benzene rings is 3. The van der Waals surface area contributed by atoms with Crippen molar-refractivity contribution in [2.24, 2.45) is 11.8 Å². The first-order valence-electron chi connectivity index (χ1n) is 12.3. The maximum absolute atomic E-state index is 13.8. The summed E-state index contributed by atoms with van der Waals surface area (Å²) in [5.41, 5.74) is 1.61. The van der Waals surface area contributed by atoms with Crippen LogP contribution >= 0.6 is 11.6 Å². The van der Waals surface area contributed by atoms with Gasteiger partial charge >= 0.3 is 5.97 Å². The number of carbonyl (C=O) groups is 3. The standard InChI is InChI=1S/C30H27ClN2O5/c1-17-8-15-22(16-23(17)31)33-27(35)24-25(28(33)36)30(18(2)34,29(37)38)32-26(24)21-13-11-20(12-14-21)10-9-19-6-4-3-5-7-19/h3-16,18,24-26,32,34H,1-2H3,(H,37,38). The Hall–Kier alpha value is -3.78. The second-order valence-corrected chi connectivity index (χ2v) is 10.2. The lowest BCUT2D eigenvalue weighted by Crippen LogP contribution is -2.62. The van der Waals surface area contributed by atoms with Crippen molar-refractivity contribution >= 4 is 47.2 Å². The number of nitrogens with one attached hydrogen (secondary N) is 1. The van der Waals surface area contributed by atoms with Crippen LogP contribution in [0.5, 0.6) is 0 Å². The minimum atomic E-state index is -2.04. The number of carbonyl (C=O) groups excluding carboxylic acids is 2. The van der Waals surface area contributed by atoms with E-state index in [1.165, 1.54) is 13.0 Å². The Kier molecular flexibility index (Phi) is 6.69. The van der Waals surface area contributed by atoms with E-state index in [9.17, 15) is 24.6 Å². The third kappa shape index (κ3) is 4.13. The van der Waals surface area contributed by atoms with Gasteiger partial charge in [0.1, 0.15) is 0 Å². The van der Waals surface area contributed by atoms with E-state index in [0.29, 0.717) is 10.6 Å². The molecule has 0 radical (unpaired) electrons. The predicted octanol–water partition coefficient (Wildman–Crippen LogP) is 4.47. The van der Waals surface area contributed by atoms with Gasteiger partial charge in [0.25, 0.3) is 0 Å². The lowest BCUT2D eigenvalue weighted by Gasteiger charge is -2.33. The number of hydrogen-bond donors (Lipinski definition) is 3. The van der Waals surface area contributed by atoms with Gasteiger partial charge in [-0.3, -0.25) is 19.7 Å². The lowest BCUT2D eigenvalue weighted by molar-refractivity contribution is -0.154. The Morgan fingerprint density at radius 3 is 2.21 bits per heavy atom. The summed E-state index contributed by atoms with van der Waals surface area (Å²) in [5, 5.41) is 24.3. The van der Waals surface area contributed by atoms with Gasteiger partial charge in [-0.25, -0.2) is 4.90 Å². The van der Waals surface area contributed by atoms with Gasteiger partial charge in [0.15, 0.2) is 5.54 Å². The van der Waals surface area contributed by atoms with E-state index in [1.807, 2.05) is 66.7 Å². The molecular weight excluding hydrogens is 504 g/mol. The number of aliphatic hydroxyl groups is 1. The van der Waals surface area contributed by atoms with Gasteiger partial charge in [-0.1, -0.05) is 84.4 Å². The molecule has 5 rings (SSSR count). The number of hydrogen-bond acceptors (Lipinski definition) is 5. The van der Waals surface area contributed by atoms with Crippen LogP contribution in [0.15, 0.2) is 72.8 Å². The number of fused-ring (bicyclic) bond motifs is 1. The molecule has 194 valence electrons. The number of rotatable bonds is 6. The van der Waals surface area contributed by atoms with Gasteiger partial charge < -0.3 is 10.2 Å². The molecular formula is C30H27ClN2O5. The molecule has 2 amide bonds. The number of amides is 2. The molecule has 2 heterocycles. The van der Waals surface area contributed by atoms with E-state index < -0.39 is 47.3 Å². The number of anilines is 1. The van der Waals surface area contributed by atoms with Crippen LogP contribution in [-0.2, 0) is 14.4 Å². The van der Waals surface area contributed by atoms with E-state index in [2.05, 4.69) is 5.32 Å². The zero-order chi connectivity index (χ0) is 27.2. The number of aliphatic hydroxyl groups excluding tert-OH is 1. The fourth-order valence-corrected chi connectivity index (χ4v) is 5.71. The molecule has 2 aliphatic heterocycles. The van der Waals surface area contributed by atoms with Crippen LogP contribution in [0.25, 0.3) is 12.2 Å². The average molecular weight is 531 g/mol. The van der Waals surface area contributed by atoms with E-state index in [0.717, 1.165) is 21.6 Å². The van der Waals surface area contributed by atoms with Crippen LogP contribution < -0.4 is 10.2 Å². The highest BCUT2D eigenvalue weighted by Gasteiger charge is 2.70. The summed E-state index contributed by atoms with van der Waals surface area (Å²) in [7, 11) is 0. The van der Waals surface area contributed by atoms with Crippen molar-refractivity contribution in [3.05, 3.63) is 100 Å². The molecule has 5 unspecified atom stereocenters. The van der Waals surface area contributed by atoms with E-state index in [4.69, 9.17) is 11.6 Å². The molecule has 0 aliphatic carbocycles. The summed E-state index contributed by atoms with van der Waals surface area (Å²) in [5.74, 6) is -4.94. The minimum Gasteiger partial charge on any atom is -0.480 e. The number of halogens is 1. The smallest absolute Gasteiger partial charge is 0.327 e. The molecule has 8 heteroatoms. The topological polar surface area (TPSA) is 107 Å². The van der Waals surface area contributed by atoms with Gasteiger partial charge in [-0.15, -0.1) is 0 Å². The van der Waals surface area contributed by atoms with E-state index in [-0.39, 0.29) is 5.69 Å². The van der Waals surface area contributed by atoms with Crippen molar-refractivity contribution in [1.82, 2.24) is 5.32 Å². The fourth-order valence-electron chi connectivity index (χ4n) is 5.53. The van der Waals surface area contributed by atoms with Crippen molar-refractivity contribution in [2.45, 2.75) is 31.5 Å². The Morgan fingerprint density at radius 1 is 1.00 bits per heavy atom. The molecule has 38 heavy (non-hydrogen) atoms. The van der Waals surface area contributed by atoms with Crippen molar-refractivity contribution in [2.75, 3.05) is 4.90 Å². The quantitative estimate of drug-likeness (QED) is 0.320. The molecule has 0 bridgehead atoms. The third-order valence-electron chi connectivity index (χ3n) is 7.58. The van der Waals surface area contributed by atoms with Gasteiger partial charge in [-0.05, 0) is 48.2 Å². The van der Waals surface area contributed by atoms with Gasteiger partial charge in [0, 0.05) is 11.1 Å². The number of nitrogens with zero attached hydrogens (tertiary/aromatic N) is 1. The fraction of sp³-hybridized carbons (Fsp3) is 0.233. The zero-order valence-electron chi connectivity index (χ0n) is 20.8. The lowest BCUT2D eigenvalue weighted by atomic mass is 9.76. The normalized spacial score (nSPS) is 25.7. The Balaban J connectivity index is 1.53. The van der Waals surface area contributed by atoms with Crippen molar-refractivity contribution in [3.63, 3.8) is 0 Å². The molecule has 2 fully saturated rings. The summed E-state index contributed by atoms with van der Waals surface area (Å²) < 4.78 is 0. The molecule has 7 nitrogen and oxygen atoms in total. The van der Waals surface area contributed by atoms with Crippen molar-refractivity contribution in [3.8, 4) is 0 Å². The molecule has 2 aliphatic rings. The molecule has 3 aromatic rings. The molecule has 3 aromatic carbocycles. The van der Waals surface area contributed by atoms with Gasteiger partial charge in [0.05, 0.1) is 23.6 Å². The SMILES string of the molecule is Cc1ccc(N2C(=O)C3C(c4ccc(C=Cc5ccccc5)cc4)NC(C(=O)O)(C(C)O)C3C2=O)cc1Cl. The number of carboxylic acids is 1. The first-order chi connectivity index (χ1) is 18.1. The van der Waals surface area contributed by atoms with Gasteiger partial charge in [0.2, 0.25) is 11.8 Å². The number of carboxylic acid groups (broad SMARTS) is 1. The van der Waals surface area contributed by atoms with E-state index >= 15 is 0 Å².